The summed E-state index contributed by atoms with van der Waals surface area (Å²) in [4.78, 5) is 11.9. The smallest absolute Gasteiger partial charge is 0.325 e. The molecule has 19 heavy (non-hydrogen) atoms. The van der Waals surface area contributed by atoms with Crippen molar-refractivity contribution in [2.45, 2.75) is 63.8 Å². The van der Waals surface area contributed by atoms with E-state index in [1.807, 2.05) is 27.7 Å². The Morgan fingerprint density at radius 2 is 2.00 bits per heavy atom. The van der Waals surface area contributed by atoms with E-state index < -0.39 is 5.54 Å². The molecule has 2 unspecified atom stereocenters. The van der Waals surface area contributed by atoms with Crippen molar-refractivity contribution in [3.05, 3.63) is 0 Å². The molecule has 0 fully saturated rings. The van der Waals surface area contributed by atoms with Crippen LogP contribution in [-0.4, -0.2) is 47.4 Å². The molecule has 0 rings (SSSR count). The van der Waals surface area contributed by atoms with E-state index in [0.717, 1.165) is 25.0 Å². The fourth-order valence-corrected chi connectivity index (χ4v) is 2.89. The Morgan fingerprint density at radius 3 is 2.47 bits per heavy atom. The number of esters is 1. The molecule has 0 saturated carbocycles. The number of unbranched alkanes of at least 4 members (excludes halogenated alkanes) is 1. The highest BCUT2D eigenvalue weighted by atomic mass is 32.2. The van der Waals surface area contributed by atoms with E-state index in [-0.39, 0.29) is 18.6 Å². The number of aliphatic hydroxyl groups excluding tert-OH is 1. The highest BCUT2D eigenvalue weighted by Gasteiger charge is 2.33. The quantitative estimate of drug-likeness (QED) is 0.477. The largest absolute Gasteiger partial charge is 0.468 e. The monoisotopic (exact) mass is 291 g/mol. The zero-order valence-corrected chi connectivity index (χ0v) is 13.7. The first kappa shape index (κ1) is 18.7. The average Bonchev–Trinajstić information content (AvgIpc) is 2.36. The topological polar surface area (TPSA) is 58.6 Å². The molecule has 0 radical (unpaired) electrons. The Hall–Kier alpha value is -0.260. The molecule has 0 saturated heterocycles. The van der Waals surface area contributed by atoms with Gasteiger partial charge in [0.05, 0.1) is 13.7 Å². The van der Waals surface area contributed by atoms with Gasteiger partial charge in [0.1, 0.15) is 5.54 Å². The second kappa shape index (κ2) is 9.61. The molecule has 114 valence electrons. The van der Waals surface area contributed by atoms with Crippen LogP contribution < -0.4 is 5.32 Å². The second-order valence-corrected chi connectivity index (χ2v) is 6.99. The van der Waals surface area contributed by atoms with Crippen molar-refractivity contribution in [1.29, 1.82) is 0 Å². The van der Waals surface area contributed by atoms with Gasteiger partial charge in [-0.1, -0.05) is 13.3 Å². The van der Waals surface area contributed by atoms with E-state index in [2.05, 4.69) is 5.32 Å². The van der Waals surface area contributed by atoms with E-state index in [9.17, 15) is 4.79 Å². The number of ether oxygens (including phenoxy) is 1. The predicted octanol–water partition coefficient (Wildman–Crippen LogP) is 2.20. The third kappa shape index (κ3) is 7.80. The first-order valence-corrected chi connectivity index (χ1v) is 7.99. The molecule has 0 spiro atoms. The van der Waals surface area contributed by atoms with Crippen molar-refractivity contribution in [3.63, 3.8) is 0 Å². The van der Waals surface area contributed by atoms with Crippen LogP contribution in [0.3, 0.4) is 0 Å². The van der Waals surface area contributed by atoms with Crippen LogP contribution in [-0.2, 0) is 9.53 Å². The Balaban J connectivity index is 4.10. The molecule has 0 aromatic heterocycles. The second-order valence-electron chi connectivity index (χ2n) is 5.44. The van der Waals surface area contributed by atoms with Crippen molar-refractivity contribution >= 4 is 17.7 Å². The summed E-state index contributed by atoms with van der Waals surface area (Å²) in [5, 5.41) is 12.5. The number of hydrogen-bond acceptors (Lipinski definition) is 5. The van der Waals surface area contributed by atoms with E-state index in [1.54, 1.807) is 11.8 Å². The maximum absolute atomic E-state index is 11.9. The van der Waals surface area contributed by atoms with Gasteiger partial charge < -0.3 is 9.84 Å². The number of aliphatic hydroxyl groups is 1. The summed E-state index contributed by atoms with van der Waals surface area (Å²) in [6.45, 7) is 8.20. The van der Waals surface area contributed by atoms with Gasteiger partial charge in [0.25, 0.3) is 0 Å². The number of rotatable bonds is 10. The van der Waals surface area contributed by atoms with Gasteiger partial charge in [-0.05, 0) is 39.4 Å². The number of nitrogens with one attached hydrogen (secondary N) is 1. The summed E-state index contributed by atoms with van der Waals surface area (Å²) in [5.41, 5.74) is -0.601. The van der Waals surface area contributed by atoms with Crippen molar-refractivity contribution in [2.24, 2.45) is 0 Å². The van der Waals surface area contributed by atoms with Gasteiger partial charge in [-0.2, -0.15) is 11.8 Å². The van der Waals surface area contributed by atoms with Gasteiger partial charge in [-0.15, -0.1) is 0 Å². The number of hydrogen-bond donors (Lipinski definition) is 2. The summed E-state index contributed by atoms with van der Waals surface area (Å²) >= 11 is 1.77. The highest BCUT2D eigenvalue weighted by molar-refractivity contribution is 7.99. The molecule has 0 bridgehead atoms. The fraction of sp³-hybridized carbons (Fsp3) is 0.929. The summed E-state index contributed by atoms with van der Waals surface area (Å²) in [7, 11) is 1.43. The maximum atomic E-state index is 11.9. The summed E-state index contributed by atoms with van der Waals surface area (Å²) < 4.78 is 4.89. The minimum Gasteiger partial charge on any atom is -0.468 e. The van der Waals surface area contributed by atoms with Crippen molar-refractivity contribution in [1.82, 2.24) is 5.32 Å². The molecule has 2 atom stereocenters. The third-order valence-corrected chi connectivity index (χ3v) is 4.22. The molecular formula is C14H29NO3S. The lowest BCUT2D eigenvalue weighted by Crippen LogP contribution is -2.52. The van der Waals surface area contributed by atoms with Crippen LogP contribution in [0, 0.1) is 0 Å². The van der Waals surface area contributed by atoms with Crippen LogP contribution in [0.5, 0.6) is 0 Å². The van der Waals surface area contributed by atoms with Gasteiger partial charge in [-0.3, -0.25) is 10.1 Å². The van der Waals surface area contributed by atoms with Crippen LogP contribution in [0.4, 0.5) is 0 Å². The lowest BCUT2D eigenvalue weighted by atomic mass is 9.94. The molecule has 0 heterocycles. The number of carbonyl (C=O) groups is 1. The molecule has 0 amide bonds. The molecule has 4 nitrogen and oxygen atoms in total. The molecule has 5 heteroatoms. The van der Waals surface area contributed by atoms with E-state index >= 15 is 0 Å². The standard InChI is InChI=1S/C14H29NO3S/c1-11(2)15-14(4,13(17)18-5)8-6-7-9-19-12(3)10-16/h11-12,15-16H,6-10H2,1-5H3. The molecule has 0 aromatic rings. The molecule has 0 aromatic carbocycles. The lowest BCUT2D eigenvalue weighted by Gasteiger charge is -2.30. The first-order valence-electron chi connectivity index (χ1n) is 6.94. The number of thioether (sulfide) groups is 1. The van der Waals surface area contributed by atoms with E-state index in [1.165, 1.54) is 7.11 Å². The van der Waals surface area contributed by atoms with Gasteiger partial charge in [0, 0.05) is 11.3 Å². The van der Waals surface area contributed by atoms with Crippen molar-refractivity contribution in [3.8, 4) is 0 Å². The van der Waals surface area contributed by atoms with Gasteiger partial charge in [-0.25, -0.2) is 0 Å². The summed E-state index contributed by atoms with van der Waals surface area (Å²) in [6, 6.07) is 0.243. The lowest BCUT2D eigenvalue weighted by molar-refractivity contribution is -0.148. The Morgan fingerprint density at radius 1 is 1.37 bits per heavy atom. The zero-order chi connectivity index (χ0) is 14.9. The third-order valence-electron chi connectivity index (χ3n) is 2.97. The van der Waals surface area contributed by atoms with E-state index in [0.29, 0.717) is 5.25 Å². The molecule has 0 aliphatic carbocycles. The predicted molar refractivity (Wildman–Crippen MR) is 81.5 cm³/mol. The van der Waals surface area contributed by atoms with Crippen LogP contribution >= 0.6 is 11.8 Å². The number of carbonyl (C=O) groups excluding carboxylic acids is 1. The van der Waals surface area contributed by atoms with Gasteiger partial charge in [0.2, 0.25) is 0 Å². The Kier molecular flexibility index (Phi) is 9.48. The minimum absolute atomic E-state index is 0.197. The molecule has 0 aliphatic rings. The maximum Gasteiger partial charge on any atom is 0.325 e. The Bertz CT molecular complexity index is 261. The Labute approximate surface area is 121 Å². The summed E-state index contributed by atoms with van der Waals surface area (Å²) in [5.74, 6) is 0.818. The van der Waals surface area contributed by atoms with Gasteiger partial charge >= 0.3 is 5.97 Å². The molecule has 2 N–H and O–H groups in total. The zero-order valence-electron chi connectivity index (χ0n) is 12.9. The van der Waals surface area contributed by atoms with Gasteiger partial charge in [0.15, 0.2) is 0 Å². The SMILES string of the molecule is COC(=O)C(C)(CCCCSC(C)CO)NC(C)C. The minimum atomic E-state index is -0.601. The first-order chi connectivity index (χ1) is 8.85. The molecular weight excluding hydrogens is 262 g/mol. The normalized spacial score (nSPS) is 16.2. The van der Waals surface area contributed by atoms with Crippen LogP contribution in [0.2, 0.25) is 0 Å². The van der Waals surface area contributed by atoms with Crippen LogP contribution in [0.15, 0.2) is 0 Å². The number of methoxy groups -OCH3 is 1. The van der Waals surface area contributed by atoms with E-state index in [4.69, 9.17) is 9.84 Å². The van der Waals surface area contributed by atoms with Crippen molar-refractivity contribution in [2.75, 3.05) is 19.5 Å². The highest BCUT2D eigenvalue weighted by Crippen LogP contribution is 2.19. The van der Waals surface area contributed by atoms with Crippen LogP contribution in [0.25, 0.3) is 0 Å². The van der Waals surface area contributed by atoms with Crippen LogP contribution in [0.1, 0.15) is 47.0 Å². The average molecular weight is 291 g/mol. The summed E-state index contributed by atoms with van der Waals surface area (Å²) in [6.07, 6.45) is 2.78. The molecule has 0 aliphatic heterocycles. The fourth-order valence-electron chi connectivity index (χ4n) is 2.01. The van der Waals surface area contributed by atoms with Crippen molar-refractivity contribution < 1.29 is 14.6 Å².